The van der Waals surface area contributed by atoms with Crippen molar-refractivity contribution >= 4 is 0 Å². The third kappa shape index (κ3) is 1.76. The summed E-state index contributed by atoms with van der Waals surface area (Å²) in [5, 5.41) is 0. The lowest BCUT2D eigenvalue weighted by Crippen LogP contribution is -2.50. The molecular formula is C13H19NO2. The van der Waals surface area contributed by atoms with Crippen molar-refractivity contribution in [3.8, 4) is 11.5 Å². The second-order valence-corrected chi connectivity index (χ2v) is 4.51. The van der Waals surface area contributed by atoms with Gasteiger partial charge in [-0.25, -0.2) is 0 Å². The molecule has 88 valence electrons. The first-order valence-corrected chi connectivity index (χ1v) is 5.73. The molecule has 1 aliphatic rings. The van der Waals surface area contributed by atoms with Crippen LogP contribution >= 0.6 is 0 Å². The van der Waals surface area contributed by atoms with E-state index in [2.05, 4.69) is 20.8 Å². The SMILES string of the molecule is CCC1(CN)COc2cc(C)c(C)cc2O1. The van der Waals surface area contributed by atoms with E-state index in [0.29, 0.717) is 13.2 Å². The van der Waals surface area contributed by atoms with Gasteiger partial charge in [-0.15, -0.1) is 0 Å². The maximum atomic E-state index is 6.00. The van der Waals surface area contributed by atoms with Gasteiger partial charge >= 0.3 is 0 Å². The van der Waals surface area contributed by atoms with Gasteiger partial charge in [-0.2, -0.15) is 0 Å². The van der Waals surface area contributed by atoms with Crippen LogP contribution in [0.4, 0.5) is 0 Å². The number of hydrogen-bond donors (Lipinski definition) is 1. The predicted octanol–water partition coefficient (Wildman–Crippen LogP) is 2.18. The van der Waals surface area contributed by atoms with Gasteiger partial charge in [0.15, 0.2) is 17.1 Å². The van der Waals surface area contributed by atoms with Crippen molar-refractivity contribution in [1.82, 2.24) is 0 Å². The van der Waals surface area contributed by atoms with Gasteiger partial charge in [0.25, 0.3) is 0 Å². The summed E-state index contributed by atoms with van der Waals surface area (Å²) in [7, 11) is 0. The lowest BCUT2D eigenvalue weighted by atomic mass is 10.00. The van der Waals surface area contributed by atoms with Crippen LogP contribution in [0, 0.1) is 13.8 Å². The molecule has 0 bridgehead atoms. The quantitative estimate of drug-likeness (QED) is 0.832. The number of rotatable bonds is 2. The van der Waals surface area contributed by atoms with Gasteiger partial charge in [0.2, 0.25) is 0 Å². The van der Waals surface area contributed by atoms with E-state index < -0.39 is 0 Å². The number of benzene rings is 1. The van der Waals surface area contributed by atoms with Crippen LogP contribution in [-0.2, 0) is 0 Å². The monoisotopic (exact) mass is 221 g/mol. The average Bonchev–Trinajstić information content (AvgIpc) is 2.30. The van der Waals surface area contributed by atoms with Gasteiger partial charge in [-0.1, -0.05) is 6.92 Å². The summed E-state index contributed by atoms with van der Waals surface area (Å²) in [6, 6.07) is 4.06. The minimum atomic E-state index is -0.352. The highest BCUT2D eigenvalue weighted by molar-refractivity contribution is 5.48. The normalized spacial score (nSPS) is 23.2. The highest BCUT2D eigenvalue weighted by Crippen LogP contribution is 2.38. The van der Waals surface area contributed by atoms with Gasteiger partial charge < -0.3 is 15.2 Å². The Kier molecular flexibility index (Phi) is 2.80. The fourth-order valence-electron chi connectivity index (χ4n) is 1.85. The largest absolute Gasteiger partial charge is 0.485 e. The van der Waals surface area contributed by atoms with Crippen LogP contribution in [0.3, 0.4) is 0 Å². The summed E-state index contributed by atoms with van der Waals surface area (Å²) in [6.45, 7) is 7.24. The average molecular weight is 221 g/mol. The zero-order valence-corrected chi connectivity index (χ0v) is 10.2. The molecule has 0 saturated carbocycles. The van der Waals surface area contributed by atoms with E-state index in [4.69, 9.17) is 15.2 Å². The van der Waals surface area contributed by atoms with Crippen LogP contribution in [-0.4, -0.2) is 18.8 Å². The van der Waals surface area contributed by atoms with Gasteiger partial charge in [-0.3, -0.25) is 0 Å². The second-order valence-electron chi connectivity index (χ2n) is 4.51. The summed E-state index contributed by atoms with van der Waals surface area (Å²) < 4.78 is 11.8. The van der Waals surface area contributed by atoms with Crippen molar-refractivity contribution in [2.24, 2.45) is 5.73 Å². The molecule has 1 aliphatic heterocycles. The minimum Gasteiger partial charge on any atom is -0.485 e. The fourth-order valence-corrected chi connectivity index (χ4v) is 1.85. The molecule has 1 aromatic rings. The summed E-state index contributed by atoms with van der Waals surface area (Å²) >= 11 is 0. The molecule has 3 heteroatoms. The van der Waals surface area contributed by atoms with Crippen LogP contribution in [0.1, 0.15) is 24.5 Å². The van der Waals surface area contributed by atoms with E-state index in [1.165, 1.54) is 11.1 Å². The molecule has 1 atom stereocenters. The number of fused-ring (bicyclic) bond motifs is 1. The third-order valence-electron chi connectivity index (χ3n) is 3.39. The minimum absolute atomic E-state index is 0.352. The van der Waals surface area contributed by atoms with Crippen molar-refractivity contribution < 1.29 is 9.47 Å². The lowest BCUT2D eigenvalue weighted by Gasteiger charge is -2.37. The van der Waals surface area contributed by atoms with Crippen molar-refractivity contribution in [3.05, 3.63) is 23.3 Å². The van der Waals surface area contributed by atoms with Crippen molar-refractivity contribution in [2.45, 2.75) is 32.8 Å². The van der Waals surface area contributed by atoms with Crippen molar-refractivity contribution in [1.29, 1.82) is 0 Å². The first kappa shape index (κ1) is 11.3. The van der Waals surface area contributed by atoms with Gasteiger partial charge in [-0.05, 0) is 43.5 Å². The second kappa shape index (κ2) is 3.98. The Bertz CT molecular complexity index is 397. The third-order valence-corrected chi connectivity index (χ3v) is 3.39. The molecule has 3 nitrogen and oxygen atoms in total. The van der Waals surface area contributed by atoms with Crippen LogP contribution in [0.15, 0.2) is 12.1 Å². The van der Waals surface area contributed by atoms with Crippen LogP contribution < -0.4 is 15.2 Å². The lowest BCUT2D eigenvalue weighted by molar-refractivity contribution is -0.00450. The highest BCUT2D eigenvalue weighted by Gasteiger charge is 2.35. The number of ether oxygens (including phenoxy) is 2. The molecule has 1 unspecified atom stereocenters. The van der Waals surface area contributed by atoms with Gasteiger partial charge in [0.05, 0.1) is 0 Å². The Labute approximate surface area is 96.5 Å². The molecule has 2 rings (SSSR count). The number of aryl methyl sites for hydroxylation is 2. The van der Waals surface area contributed by atoms with E-state index in [1.807, 2.05) is 12.1 Å². The first-order valence-electron chi connectivity index (χ1n) is 5.73. The molecule has 1 heterocycles. The Balaban J connectivity index is 2.36. The van der Waals surface area contributed by atoms with Crippen molar-refractivity contribution in [2.75, 3.05) is 13.2 Å². The summed E-state index contributed by atoms with van der Waals surface area (Å²) in [5.41, 5.74) is 7.85. The Morgan fingerprint density at radius 3 is 2.44 bits per heavy atom. The Hall–Kier alpha value is -1.22. The fraction of sp³-hybridized carbons (Fsp3) is 0.538. The summed E-state index contributed by atoms with van der Waals surface area (Å²) in [5.74, 6) is 1.65. The van der Waals surface area contributed by atoms with E-state index in [0.717, 1.165) is 17.9 Å². The topological polar surface area (TPSA) is 44.5 Å². The smallest absolute Gasteiger partial charge is 0.162 e. The molecule has 0 fully saturated rings. The van der Waals surface area contributed by atoms with Gasteiger partial charge in [0, 0.05) is 6.54 Å². The van der Waals surface area contributed by atoms with Crippen molar-refractivity contribution in [3.63, 3.8) is 0 Å². The molecule has 0 radical (unpaired) electrons. The first-order chi connectivity index (χ1) is 7.60. The summed E-state index contributed by atoms with van der Waals surface area (Å²) in [6.07, 6.45) is 0.857. The van der Waals surface area contributed by atoms with Crippen LogP contribution in [0.25, 0.3) is 0 Å². The van der Waals surface area contributed by atoms with Crippen LogP contribution in [0.5, 0.6) is 11.5 Å². The molecule has 0 spiro atoms. The number of hydrogen-bond acceptors (Lipinski definition) is 3. The molecule has 0 saturated heterocycles. The maximum absolute atomic E-state index is 6.00. The van der Waals surface area contributed by atoms with E-state index in [9.17, 15) is 0 Å². The Morgan fingerprint density at radius 2 is 1.88 bits per heavy atom. The van der Waals surface area contributed by atoms with Gasteiger partial charge in [0.1, 0.15) is 6.61 Å². The Morgan fingerprint density at radius 1 is 1.25 bits per heavy atom. The predicted molar refractivity (Wildman–Crippen MR) is 64.1 cm³/mol. The molecular weight excluding hydrogens is 202 g/mol. The zero-order chi connectivity index (χ0) is 11.8. The van der Waals surface area contributed by atoms with Crippen LogP contribution in [0.2, 0.25) is 0 Å². The molecule has 0 aliphatic carbocycles. The standard InChI is InChI=1S/C13H19NO2/c1-4-13(7-14)8-15-11-5-9(2)10(3)6-12(11)16-13/h5-6H,4,7-8,14H2,1-3H3. The molecule has 1 aromatic carbocycles. The number of nitrogens with two attached hydrogens (primary N) is 1. The maximum Gasteiger partial charge on any atom is 0.162 e. The summed E-state index contributed by atoms with van der Waals surface area (Å²) in [4.78, 5) is 0. The molecule has 16 heavy (non-hydrogen) atoms. The molecule has 0 amide bonds. The highest BCUT2D eigenvalue weighted by atomic mass is 16.6. The van der Waals surface area contributed by atoms with E-state index in [-0.39, 0.29) is 5.60 Å². The van der Waals surface area contributed by atoms with E-state index in [1.54, 1.807) is 0 Å². The van der Waals surface area contributed by atoms with E-state index >= 15 is 0 Å². The molecule has 0 aromatic heterocycles. The zero-order valence-electron chi connectivity index (χ0n) is 10.2. The molecule has 2 N–H and O–H groups in total.